The number of pyridine rings is 1. The molecule has 0 unspecified atom stereocenters. The summed E-state index contributed by atoms with van der Waals surface area (Å²) >= 11 is 0. The molecule has 0 spiro atoms. The van der Waals surface area contributed by atoms with Gasteiger partial charge in [0.05, 0.1) is 19.3 Å². The molecule has 1 saturated heterocycles. The van der Waals surface area contributed by atoms with E-state index in [0.717, 1.165) is 11.1 Å². The maximum Gasteiger partial charge on any atom is 0.387 e. The van der Waals surface area contributed by atoms with Crippen LogP contribution in [0, 0.1) is 0 Å². The molecule has 10 heteroatoms. The van der Waals surface area contributed by atoms with Crippen molar-refractivity contribution in [3.63, 3.8) is 0 Å². The van der Waals surface area contributed by atoms with Crippen molar-refractivity contribution in [1.82, 2.24) is 15.0 Å². The summed E-state index contributed by atoms with van der Waals surface area (Å²) in [5.41, 5.74) is 2.16. The van der Waals surface area contributed by atoms with Crippen LogP contribution in [0.1, 0.15) is 13.8 Å². The molecule has 1 fully saturated rings. The van der Waals surface area contributed by atoms with Crippen LogP contribution in [-0.4, -0.2) is 54.0 Å². The molecule has 8 nitrogen and oxygen atoms in total. The van der Waals surface area contributed by atoms with Crippen LogP contribution in [0.15, 0.2) is 48.8 Å². The molecule has 174 valence electrons. The number of benzene rings is 1. The Morgan fingerprint density at radius 2 is 1.79 bits per heavy atom. The predicted molar refractivity (Wildman–Crippen MR) is 120 cm³/mol. The van der Waals surface area contributed by atoms with E-state index in [1.165, 1.54) is 19.2 Å². The SMILES string of the molecule is COc1ncc(-c2ccc(OC(F)F)cc2)cc1Nc1ccnc(N2C[C@H](C)O[C@@H](C)C2)n1. The summed E-state index contributed by atoms with van der Waals surface area (Å²) in [5, 5.41) is 3.25. The Kier molecular flexibility index (Phi) is 6.83. The minimum atomic E-state index is -2.86. The Hall–Kier alpha value is -3.53. The van der Waals surface area contributed by atoms with E-state index in [1.54, 1.807) is 30.6 Å². The van der Waals surface area contributed by atoms with Gasteiger partial charge in [-0.05, 0) is 43.7 Å². The highest BCUT2D eigenvalue weighted by Crippen LogP contribution is 2.31. The number of alkyl halides is 2. The first-order valence-electron chi connectivity index (χ1n) is 10.5. The Labute approximate surface area is 190 Å². The lowest BCUT2D eigenvalue weighted by Crippen LogP contribution is -2.46. The smallest absolute Gasteiger partial charge is 0.387 e. The molecule has 1 aromatic carbocycles. The Morgan fingerprint density at radius 3 is 2.45 bits per heavy atom. The van der Waals surface area contributed by atoms with Crippen molar-refractivity contribution in [1.29, 1.82) is 0 Å². The molecule has 0 bridgehead atoms. The summed E-state index contributed by atoms with van der Waals surface area (Å²) in [5.74, 6) is 1.68. The van der Waals surface area contributed by atoms with Gasteiger partial charge in [-0.1, -0.05) is 12.1 Å². The van der Waals surface area contributed by atoms with Crippen molar-refractivity contribution in [2.45, 2.75) is 32.7 Å². The van der Waals surface area contributed by atoms with Crippen LogP contribution < -0.4 is 19.7 Å². The molecule has 1 N–H and O–H groups in total. The number of aromatic nitrogens is 3. The fourth-order valence-electron chi connectivity index (χ4n) is 3.74. The maximum absolute atomic E-state index is 12.4. The second kappa shape index (κ2) is 9.95. The van der Waals surface area contributed by atoms with E-state index < -0.39 is 6.61 Å². The average Bonchev–Trinajstić information content (AvgIpc) is 2.79. The topological polar surface area (TPSA) is 81.6 Å². The van der Waals surface area contributed by atoms with Gasteiger partial charge in [-0.15, -0.1) is 0 Å². The summed E-state index contributed by atoms with van der Waals surface area (Å²) < 4.78 is 40.4. The van der Waals surface area contributed by atoms with Crippen LogP contribution in [0.5, 0.6) is 11.6 Å². The average molecular weight is 457 g/mol. The fourth-order valence-corrected chi connectivity index (χ4v) is 3.74. The lowest BCUT2D eigenvalue weighted by molar-refractivity contribution is -0.0498. The van der Waals surface area contributed by atoms with Crippen LogP contribution in [0.3, 0.4) is 0 Å². The molecule has 3 aromatic rings. The number of nitrogens with one attached hydrogen (secondary N) is 1. The Bertz CT molecular complexity index is 1070. The molecule has 0 radical (unpaired) electrons. The van der Waals surface area contributed by atoms with Crippen LogP contribution in [0.4, 0.5) is 26.2 Å². The highest BCUT2D eigenvalue weighted by molar-refractivity contribution is 5.72. The van der Waals surface area contributed by atoms with Gasteiger partial charge in [-0.25, -0.2) is 9.97 Å². The second-order valence-corrected chi connectivity index (χ2v) is 7.71. The molecular weight excluding hydrogens is 432 g/mol. The third-order valence-electron chi connectivity index (χ3n) is 5.07. The molecule has 0 saturated carbocycles. The van der Waals surface area contributed by atoms with Gasteiger partial charge in [0, 0.05) is 31.0 Å². The van der Waals surface area contributed by atoms with E-state index in [-0.39, 0.29) is 18.0 Å². The Morgan fingerprint density at radius 1 is 1.06 bits per heavy atom. The van der Waals surface area contributed by atoms with Crippen LogP contribution in [0.2, 0.25) is 0 Å². The summed E-state index contributed by atoms with van der Waals surface area (Å²) in [6, 6.07) is 9.97. The van der Waals surface area contributed by atoms with Gasteiger partial charge in [-0.2, -0.15) is 13.8 Å². The molecule has 4 rings (SSSR count). The molecule has 33 heavy (non-hydrogen) atoms. The van der Waals surface area contributed by atoms with E-state index in [4.69, 9.17) is 9.47 Å². The number of ether oxygens (including phenoxy) is 3. The molecule has 0 aliphatic carbocycles. The summed E-state index contributed by atoms with van der Waals surface area (Å²) in [4.78, 5) is 15.5. The van der Waals surface area contributed by atoms with Gasteiger partial charge in [0.15, 0.2) is 0 Å². The standard InChI is InChI=1S/C23H25F2N5O3/c1-14-12-30(13-15(2)32-14)23-26-9-8-20(29-23)28-19-10-17(11-27-21(19)31-3)16-4-6-18(7-5-16)33-22(24)25/h4-11,14-15,22H,12-13H2,1-3H3,(H,26,28,29)/t14-,15-/m0/s1. The van der Waals surface area contributed by atoms with Gasteiger partial charge >= 0.3 is 6.61 Å². The largest absolute Gasteiger partial charge is 0.480 e. The molecule has 3 heterocycles. The molecule has 2 atom stereocenters. The lowest BCUT2D eigenvalue weighted by Gasteiger charge is -2.35. The molecule has 0 amide bonds. The quantitative estimate of drug-likeness (QED) is 0.555. The Balaban J connectivity index is 1.57. The van der Waals surface area contributed by atoms with Crippen molar-refractivity contribution in [2.75, 3.05) is 30.4 Å². The van der Waals surface area contributed by atoms with Crippen molar-refractivity contribution in [2.24, 2.45) is 0 Å². The van der Waals surface area contributed by atoms with Gasteiger partial charge in [0.1, 0.15) is 17.3 Å². The third kappa shape index (κ3) is 5.64. The zero-order chi connectivity index (χ0) is 23.4. The van der Waals surface area contributed by atoms with E-state index in [1.807, 2.05) is 19.9 Å². The minimum Gasteiger partial charge on any atom is -0.480 e. The zero-order valence-electron chi connectivity index (χ0n) is 18.5. The fraction of sp³-hybridized carbons (Fsp3) is 0.348. The van der Waals surface area contributed by atoms with E-state index in [0.29, 0.717) is 36.4 Å². The van der Waals surface area contributed by atoms with Crippen molar-refractivity contribution in [3.05, 3.63) is 48.8 Å². The third-order valence-corrected chi connectivity index (χ3v) is 5.07. The first-order chi connectivity index (χ1) is 15.9. The monoisotopic (exact) mass is 457 g/mol. The van der Waals surface area contributed by atoms with Gasteiger partial charge in [0.2, 0.25) is 11.8 Å². The first kappa shape index (κ1) is 22.7. The van der Waals surface area contributed by atoms with Crippen LogP contribution in [-0.2, 0) is 4.74 Å². The number of hydrogen-bond donors (Lipinski definition) is 1. The summed E-state index contributed by atoms with van der Waals surface area (Å²) in [6.07, 6.45) is 3.52. The maximum atomic E-state index is 12.4. The number of hydrogen-bond acceptors (Lipinski definition) is 8. The van der Waals surface area contributed by atoms with Crippen molar-refractivity contribution < 1.29 is 23.0 Å². The van der Waals surface area contributed by atoms with E-state index in [2.05, 4.69) is 29.9 Å². The zero-order valence-corrected chi connectivity index (χ0v) is 18.5. The van der Waals surface area contributed by atoms with Crippen LogP contribution in [0.25, 0.3) is 11.1 Å². The molecule has 1 aliphatic rings. The summed E-state index contributed by atoms with van der Waals surface area (Å²) in [7, 11) is 1.53. The highest BCUT2D eigenvalue weighted by Gasteiger charge is 2.24. The molecule has 2 aromatic heterocycles. The predicted octanol–water partition coefficient (Wildman–Crippen LogP) is 4.51. The highest BCUT2D eigenvalue weighted by atomic mass is 19.3. The summed E-state index contributed by atoms with van der Waals surface area (Å²) in [6.45, 7) is 2.60. The first-order valence-corrected chi connectivity index (χ1v) is 10.5. The second-order valence-electron chi connectivity index (χ2n) is 7.71. The number of nitrogens with zero attached hydrogens (tertiary/aromatic N) is 4. The number of anilines is 3. The lowest BCUT2D eigenvalue weighted by atomic mass is 10.1. The minimum absolute atomic E-state index is 0.0902. The number of halogens is 2. The normalized spacial score (nSPS) is 18.3. The van der Waals surface area contributed by atoms with Crippen molar-refractivity contribution >= 4 is 17.5 Å². The number of methoxy groups -OCH3 is 1. The van der Waals surface area contributed by atoms with Gasteiger partial charge in [0.25, 0.3) is 0 Å². The van der Waals surface area contributed by atoms with Gasteiger partial charge in [-0.3, -0.25) is 0 Å². The number of morpholine rings is 1. The number of rotatable bonds is 7. The van der Waals surface area contributed by atoms with Crippen LogP contribution >= 0.6 is 0 Å². The van der Waals surface area contributed by atoms with Crippen molar-refractivity contribution in [3.8, 4) is 22.8 Å². The molecule has 1 aliphatic heterocycles. The van der Waals surface area contributed by atoms with E-state index >= 15 is 0 Å². The van der Waals surface area contributed by atoms with Gasteiger partial charge < -0.3 is 24.4 Å². The molecular formula is C23H25F2N5O3. The van der Waals surface area contributed by atoms with E-state index in [9.17, 15) is 8.78 Å².